The molecule has 0 fully saturated rings. The first-order valence-electron chi connectivity index (χ1n) is 8.81. The van der Waals surface area contributed by atoms with Gasteiger partial charge in [0.25, 0.3) is 0 Å². The number of benzene rings is 3. The topological polar surface area (TPSA) is 101 Å². The summed E-state index contributed by atoms with van der Waals surface area (Å²) in [5.74, 6) is -1.06. The zero-order valence-electron chi connectivity index (χ0n) is 17.0. The fourth-order valence-corrected chi connectivity index (χ4v) is 2.94. The summed E-state index contributed by atoms with van der Waals surface area (Å²) in [5, 5.41) is 26.2. The fraction of sp³-hybridized carbons (Fsp3) is 0.0909. The summed E-state index contributed by atoms with van der Waals surface area (Å²) in [6.07, 6.45) is -0.175. The van der Waals surface area contributed by atoms with E-state index in [-0.39, 0.29) is 47.6 Å². The zero-order chi connectivity index (χ0) is 22.1. The largest absolute Gasteiger partial charge is 1.00 e. The van der Waals surface area contributed by atoms with Crippen molar-refractivity contribution in [1.82, 2.24) is 0 Å². The number of amides is 1. The molecule has 0 radical (unpaired) electrons. The third kappa shape index (κ3) is 9.21. The number of anilines is 3. The number of halogens is 2. The molecule has 0 atom stereocenters. The average molecular weight is 469 g/mol. The van der Waals surface area contributed by atoms with Crippen molar-refractivity contribution >= 4 is 52.1 Å². The van der Waals surface area contributed by atoms with E-state index in [1.54, 1.807) is 54.6 Å². The molecule has 9 heteroatoms. The number of carbonyl (C=O) groups excluding carboxylic acids is 2. The summed E-state index contributed by atoms with van der Waals surface area (Å²) in [6, 6.07) is 18.5. The van der Waals surface area contributed by atoms with Crippen LogP contribution in [0.5, 0.6) is 5.75 Å². The van der Waals surface area contributed by atoms with Gasteiger partial charge in [-0.05, 0) is 48.0 Å². The molecule has 0 aliphatic carbocycles. The van der Waals surface area contributed by atoms with Gasteiger partial charge in [0.1, 0.15) is 5.75 Å². The molecule has 0 saturated carbocycles. The van der Waals surface area contributed by atoms with Crippen LogP contribution in [0.4, 0.5) is 17.1 Å². The minimum Gasteiger partial charge on any atom is -0.550 e. The van der Waals surface area contributed by atoms with Crippen molar-refractivity contribution in [2.24, 2.45) is 0 Å². The van der Waals surface area contributed by atoms with Gasteiger partial charge in [-0.3, -0.25) is 4.79 Å². The quantitative estimate of drug-likeness (QED) is 0.387. The number of rotatable bonds is 5. The molecule has 0 saturated heterocycles. The van der Waals surface area contributed by atoms with E-state index in [2.05, 4.69) is 10.6 Å². The number of aromatic hydroxyl groups is 1. The van der Waals surface area contributed by atoms with Gasteiger partial charge in [-0.1, -0.05) is 47.5 Å². The number of aliphatic carboxylic acids is 1. The maximum atomic E-state index is 10.7. The monoisotopic (exact) mass is 468 g/mol. The van der Waals surface area contributed by atoms with Gasteiger partial charge in [0.05, 0.1) is 15.7 Å². The van der Waals surface area contributed by atoms with Crippen LogP contribution in [0.3, 0.4) is 0 Å². The standard InChI is InChI=1S/C14H11Cl2NO2.C8H9NO2.Na/c15-10-5-3-6-11(16)14(10)17-12-7-2-1-4-9(12)8-13(18)19;1-6(10)9-7-2-4-8(11)5-3-7;/h1-7,17H,8H2,(H,18,19);2-5,11H,1H3,(H,9,10);/q;;+1/p-1. The van der Waals surface area contributed by atoms with E-state index in [1.165, 1.54) is 19.1 Å². The van der Waals surface area contributed by atoms with Crippen LogP contribution in [-0.4, -0.2) is 17.0 Å². The minimum atomic E-state index is -1.14. The third-order valence-electron chi connectivity index (χ3n) is 3.76. The first-order valence-corrected chi connectivity index (χ1v) is 9.57. The number of carbonyl (C=O) groups is 2. The second-order valence-corrected chi connectivity index (χ2v) is 6.97. The Kier molecular flexibility index (Phi) is 11.5. The predicted octanol–water partition coefficient (Wildman–Crippen LogP) is 1.38. The first kappa shape index (κ1) is 26.8. The zero-order valence-corrected chi connectivity index (χ0v) is 20.5. The Morgan fingerprint density at radius 2 is 1.52 bits per heavy atom. The van der Waals surface area contributed by atoms with Gasteiger partial charge in [0, 0.05) is 30.7 Å². The number of carboxylic acid groups (broad SMARTS) is 1. The number of para-hydroxylation sites is 2. The van der Waals surface area contributed by atoms with Gasteiger partial charge in [0.15, 0.2) is 0 Å². The molecule has 6 nitrogen and oxygen atoms in total. The Balaban J connectivity index is 0.000000344. The van der Waals surface area contributed by atoms with Gasteiger partial charge in [-0.15, -0.1) is 0 Å². The molecule has 0 bridgehead atoms. The summed E-state index contributed by atoms with van der Waals surface area (Å²) < 4.78 is 0. The van der Waals surface area contributed by atoms with E-state index in [4.69, 9.17) is 28.3 Å². The molecular weight excluding hydrogens is 450 g/mol. The van der Waals surface area contributed by atoms with Crippen molar-refractivity contribution in [3.63, 3.8) is 0 Å². The number of hydrogen-bond donors (Lipinski definition) is 3. The van der Waals surface area contributed by atoms with Crippen LogP contribution in [0.2, 0.25) is 10.0 Å². The van der Waals surface area contributed by atoms with E-state index in [9.17, 15) is 14.7 Å². The molecule has 0 aromatic heterocycles. The van der Waals surface area contributed by atoms with E-state index in [0.29, 0.717) is 32.7 Å². The molecule has 3 N–H and O–H groups in total. The SMILES string of the molecule is CC(=O)Nc1ccc(O)cc1.O=C([O-])Cc1ccccc1Nc1c(Cl)cccc1Cl.[Na+]. The van der Waals surface area contributed by atoms with Crippen LogP contribution < -0.4 is 45.3 Å². The molecule has 31 heavy (non-hydrogen) atoms. The average Bonchev–Trinajstić information content (AvgIpc) is 2.68. The normalized spacial score (nSPS) is 9.52. The van der Waals surface area contributed by atoms with Crippen molar-refractivity contribution in [3.05, 3.63) is 82.3 Å². The Labute approximate surface area is 212 Å². The molecule has 3 rings (SSSR count). The number of nitrogens with one attached hydrogen (secondary N) is 2. The molecule has 156 valence electrons. The second kappa shape index (κ2) is 13.2. The summed E-state index contributed by atoms with van der Waals surface area (Å²) in [7, 11) is 0. The van der Waals surface area contributed by atoms with Crippen molar-refractivity contribution < 1.29 is 49.4 Å². The number of hydrogen-bond acceptors (Lipinski definition) is 5. The van der Waals surface area contributed by atoms with Crippen LogP contribution in [0.25, 0.3) is 0 Å². The Morgan fingerprint density at radius 3 is 2.06 bits per heavy atom. The Morgan fingerprint density at radius 1 is 0.935 bits per heavy atom. The molecule has 0 unspecified atom stereocenters. The molecule has 0 spiro atoms. The molecule has 1 amide bonds. The van der Waals surface area contributed by atoms with Gasteiger partial charge < -0.3 is 25.6 Å². The first-order chi connectivity index (χ1) is 14.3. The van der Waals surface area contributed by atoms with Crippen LogP contribution in [0.15, 0.2) is 66.7 Å². The molecule has 0 aliphatic rings. The van der Waals surface area contributed by atoms with Crippen LogP contribution in [-0.2, 0) is 16.0 Å². The van der Waals surface area contributed by atoms with Crippen LogP contribution in [0, 0.1) is 0 Å². The van der Waals surface area contributed by atoms with E-state index >= 15 is 0 Å². The fourth-order valence-electron chi connectivity index (χ4n) is 2.45. The maximum absolute atomic E-state index is 10.7. The summed E-state index contributed by atoms with van der Waals surface area (Å²) in [6.45, 7) is 1.44. The molecule has 3 aromatic rings. The van der Waals surface area contributed by atoms with Gasteiger partial charge in [0.2, 0.25) is 5.91 Å². The third-order valence-corrected chi connectivity index (χ3v) is 4.39. The van der Waals surface area contributed by atoms with Crippen LogP contribution >= 0.6 is 23.2 Å². The van der Waals surface area contributed by atoms with Crippen molar-refractivity contribution in [2.45, 2.75) is 13.3 Å². The van der Waals surface area contributed by atoms with Gasteiger partial charge in [-0.25, -0.2) is 0 Å². The summed E-state index contributed by atoms with van der Waals surface area (Å²) in [5.41, 5.74) is 2.49. The Bertz CT molecular complexity index is 1010. The van der Waals surface area contributed by atoms with E-state index in [0.717, 1.165) is 0 Å². The number of phenols is 1. The van der Waals surface area contributed by atoms with Crippen molar-refractivity contribution in [2.75, 3.05) is 10.6 Å². The molecule has 3 aromatic carbocycles. The molecule has 0 heterocycles. The molecule has 0 aliphatic heterocycles. The number of carboxylic acids is 1. The number of phenolic OH excluding ortho intramolecular Hbond substituents is 1. The smallest absolute Gasteiger partial charge is 0.550 e. The van der Waals surface area contributed by atoms with Crippen LogP contribution in [0.1, 0.15) is 12.5 Å². The maximum Gasteiger partial charge on any atom is 1.00 e. The summed E-state index contributed by atoms with van der Waals surface area (Å²) >= 11 is 12.1. The van der Waals surface area contributed by atoms with Gasteiger partial charge >= 0.3 is 29.6 Å². The van der Waals surface area contributed by atoms with Crippen molar-refractivity contribution in [3.8, 4) is 5.75 Å². The Hall–Kier alpha value is -2.22. The van der Waals surface area contributed by atoms with Gasteiger partial charge in [-0.2, -0.15) is 0 Å². The van der Waals surface area contributed by atoms with Crippen molar-refractivity contribution in [1.29, 1.82) is 0 Å². The second-order valence-electron chi connectivity index (χ2n) is 6.16. The van der Waals surface area contributed by atoms with E-state index in [1.807, 2.05) is 0 Å². The minimum absolute atomic E-state index is 0. The molecular formula is C22H19Cl2N2NaO4. The van der Waals surface area contributed by atoms with E-state index < -0.39 is 5.97 Å². The predicted molar refractivity (Wildman–Crippen MR) is 117 cm³/mol. The summed E-state index contributed by atoms with van der Waals surface area (Å²) in [4.78, 5) is 21.2.